The quantitative estimate of drug-likeness (QED) is 0.576. The highest BCUT2D eigenvalue weighted by Gasteiger charge is 2.01. The van der Waals surface area contributed by atoms with E-state index in [1.54, 1.807) is 0 Å². The maximum Gasteiger partial charge on any atom is 0.105 e. The van der Waals surface area contributed by atoms with Gasteiger partial charge in [-0.15, -0.1) is 0 Å². The lowest BCUT2D eigenvalue weighted by atomic mass is 10.1. The van der Waals surface area contributed by atoms with Gasteiger partial charge in [-0.05, 0) is 18.9 Å². The highest BCUT2D eigenvalue weighted by molar-refractivity contribution is 5.62. The first-order valence-electron chi connectivity index (χ1n) is 7.12. The van der Waals surface area contributed by atoms with Crippen molar-refractivity contribution in [2.24, 2.45) is 5.73 Å². The predicted octanol–water partition coefficient (Wildman–Crippen LogP) is 2.10. The number of nitrogens with zero attached hydrogens (tertiary/aromatic N) is 2. The van der Waals surface area contributed by atoms with Crippen molar-refractivity contribution < 1.29 is 4.84 Å². The number of nitrogens with two attached hydrogens (primary N) is 1. The summed E-state index contributed by atoms with van der Waals surface area (Å²) >= 11 is 0. The molecule has 0 spiro atoms. The predicted molar refractivity (Wildman–Crippen MR) is 84.1 cm³/mol. The third-order valence-corrected chi connectivity index (χ3v) is 3.13. The number of aryl methyl sites for hydroxylation is 2. The van der Waals surface area contributed by atoms with Crippen LogP contribution in [0.2, 0.25) is 0 Å². The molecule has 2 aromatic rings. The van der Waals surface area contributed by atoms with Crippen LogP contribution in [0.25, 0.3) is 5.70 Å². The zero-order chi connectivity index (χ0) is 14.9. The van der Waals surface area contributed by atoms with Gasteiger partial charge in [0.25, 0.3) is 0 Å². The fourth-order valence-electron chi connectivity index (χ4n) is 2.01. The van der Waals surface area contributed by atoms with Gasteiger partial charge < -0.3 is 10.3 Å². The second-order valence-corrected chi connectivity index (χ2v) is 4.68. The number of hydrogen-bond donors (Lipinski definition) is 2. The van der Waals surface area contributed by atoms with Gasteiger partial charge in [0.2, 0.25) is 0 Å². The molecule has 0 fully saturated rings. The lowest BCUT2D eigenvalue weighted by molar-refractivity contribution is 0.0847. The minimum absolute atomic E-state index is 0.477. The van der Waals surface area contributed by atoms with Gasteiger partial charge >= 0.3 is 0 Å². The van der Waals surface area contributed by atoms with Gasteiger partial charge in [0, 0.05) is 25.5 Å². The van der Waals surface area contributed by atoms with Gasteiger partial charge in [0.15, 0.2) is 0 Å². The molecule has 0 radical (unpaired) electrons. The molecule has 2 rings (SSSR count). The van der Waals surface area contributed by atoms with Crippen LogP contribution in [-0.4, -0.2) is 22.7 Å². The molecule has 1 heterocycles. The first-order chi connectivity index (χ1) is 10.3. The van der Waals surface area contributed by atoms with E-state index in [9.17, 15) is 0 Å². The number of aromatic nitrogens is 2. The van der Waals surface area contributed by atoms with E-state index in [-0.39, 0.29) is 0 Å². The van der Waals surface area contributed by atoms with Crippen LogP contribution in [0.15, 0.2) is 48.8 Å². The standard InChI is InChI=1S/C16H22N4O/c1-14-18-10-12-20(14)11-5-8-16(19-21-13-9-17)15-6-3-2-4-7-15/h2-4,6-8,10,12,19H,5,9,11,13,17H2,1H3. The molecule has 0 aliphatic heterocycles. The molecule has 5 nitrogen and oxygen atoms in total. The zero-order valence-electron chi connectivity index (χ0n) is 12.3. The van der Waals surface area contributed by atoms with Gasteiger partial charge in [-0.25, -0.2) is 4.98 Å². The number of benzene rings is 1. The summed E-state index contributed by atoms with van der Waals surface area (Å²) in [4.78, 5) is 9.57. The van der Waals surface area contributed by atoms with Crippen molar-refractivity contribution in [1.29, 1.82) is 0 Å². The molecule has 0 saturated carbocycles. The number of imidazole rings is 1. The molecule has 0 aliphatic rings. The molecule has 5 heteroatoms. The molecule has 1 aromatic heterocycles. The van der Waals surface area contributed by atoms with Gasteiger partial charge in [-0.3, -0.25) is 10.3 Å². The van der Waals surface area contributed by atoms with Crippen LogP contribution in [0.4, 0.5) is 0 Å². The second kappa shape index (κ2) is 8.24. The normalized spacial score (nSPS) is 11.6. The van der Waals surface area contributed by atoms with Crippen LogP contribution < -0.4 is 11.2 Å². The van der Waals surface area contributed by atoms with Crippen molar-refractivity contribution in [2.75, 3.05) is 13.2 Å². The van der Waals surface area contributed by atoms with Crippen LogP contribution in [0, 0.1) is 6.92 Å². The molecule has 0 saturated heterocycles. The van der Waals surface area contributed by atoms with Crippen molar-refractivity contribution in [3.8, 4) is 0 Å². The van der Waals surface area contributed by atoms with Crippen LogP contribution >= 0.6 is 0 Å². The third-order valence-electron chi connectivity index (χ3n) is 3.13. The number of rotatable bonds is 8. The van der Waals surface area contributed by atoms with E-state index in [2.05, 4.69) is 21.1 Å². The Kier molecular flexibility index (Phi) is 5.99. The molecule has 0 amide bonds. The Morgan fingerprint density at radius 3 is 2.86 bits per heavy atom. The highest BCUT2D eigenvalue weighted by atomic mass is 16.6. The van der Waals surface area contributed by atoms with Crippen molar-refractivity contribution in [1.82, 2.24) is 15.0 Å². The van der Waals surface area contributed by atoms with E-state index in [1.165, 1.54) is 0 Å². The first kappa shape index (κ1) is 15.3. The molecule has 0 aliphatic carbocycles. The maximum atomic E-state index is 5.44. The van der Waals surface area contributed by atoms with E-state index in [1.807, 2.05) is 49.6 Å². The molecule has 112 valence electrons. The van der Waals surface area contributed by atoms with Crippen molar-refractivity contribution in [3.63, 3.8) is 0 Å². The number of hydrogen-bond acceptors (Lipinski definition) is 4. The van der Waals surface area contributed by atoms with E-state index >= 15 is 0 Å². The molecular formula is C16H22N4O. The Bertz CT molecular complexity index is 563. The topological polar surface area (TPSA) is 65.1 Å². The van der Waals surface area contributed by atoms with Gasteiger partial charge in [-0.1, -0.05) is 36.4 Å². The summed E-state index contributed by atoms with van der Waals surface area (Å²) in [5.74, 6) is 1.03. The van der Waals surface area contributed by atoms with E-state index in [0.717, 1.165) is 30.1 Å². The summed E-state index contributed by atoms with van der Waals surface area (Å²) < 4.78 is 2.12. The molecule has 3 N–H and O–H groups in total. The molecule has 21 heavy (non-hydrogen) atoms. The summed E-state index contributed by atoms with van der Waals surface area (Å²) in [6, 6.07) is 10.1. The number of allylic oxidation sites excluding steroid dienone is 1. The van der Waals surface area contributed by atoms with E-state index in [4.69, 9.17) is 10.6 Å². The molecule has 0 unspecified atom stereocenters. The Labute approximate surface area is 125 Å². The van der Waals surface area contributed by atoms with Crippen molar-refractivity contribution in [3.05, 3.63) is 60.2 Å². The van der Waals surface area contributed by atoms with Crippen LogP contribution in [0.3, 0.4) is 0 Å². The Balaban J connectivity index is 2.00. The highest BCUT2D eigenvalue weighted by Crippen LogP contribution is 2.12. The summed E-state index contributed by atoms with van der Waals surface area (Å²) in [6.07, 6.45) is 6.83. The fourth-order valence-corrected chi connectivity index (χ4v) is 2.01. The van der Waals surface area contributed by atoms with Crippen LogP contribution in [0.1, 0.15) is 17.8 Å². The Morgan fingerprint density at radius 2 is 2.19 bits per heavy atom. The van der Waals surface area contributed by atoms with Crippen molar-refractivity contribution in [2.45, 2.75) is 19.9 Å². The lowest BCUT2D eigenvalue weighted by Gasteiger charge is -2.11. The minimum Gasteiger partial charge on any atom is -0.335 e. The third kappa shape index (κ3) is 4.73. The summed E-state index contributed by atoms with van der Waals surface area (Å²) in [7, 11) is 0. The fraction of sp³-hybridized carbons (Fsp3) is 0.312. The molecule has 0 bridgehead atoms. The number of hydroxylamine groups is 1. The zero-order valence-corrected chi connectivity index (χ0v) is 12.3. The summed E-state index contributed by atoms with van der Waals surface area (Å²) in [6.45, 7) is 3.86. The summed E-state index contributed by atoms with van der Waals surface area (Å²) in [5.41, 5.74) is 10.5. The smallest absolute Gasteiger partial charge is 0.105 e. The molecule has 0 atom stereocenters. The van der Waals surface area contributed by atoms with Crippen molar-refractivity contribution >= 4 is 5.70 Å². The molecule has 1 aromatic carbocycles. The van der Waals surface area contributed by atoms with Crippen LogP contribution in [-0.2, 0) is 11.4 Å². The summed E-state index contributed by atoms with van der Waals surface area (Å²) in [5, 5.41) is 0. The molecular weight excluding hydrogens is 264 g/mol. The lowest BCUT2D eigenvalue weighted by Crippen LogP contribution is -2.19. The largest absolute Gasteiger partial charge is 0.335 e. The average molecular weight is 286 g/mol. The van der Waals surface area contributed by atoms with Gasteiger partial charge in [0.05, 0.1) is 12.3 Å². The van der Waals surface area contributed by atoms with Gasteiger partial charge in [0.1, 0.15) is 5.82 Å². The minimum atomic E-state index is 0.477. The average Bonchev–Trinajstić information content (AvgIpc) is 2.92. The van der Waals surface area contributed by atoms with Gasteiger partial charge in [-0.2, -0.15) is 0 Å². The maximum absolute atomic E-state index is 5.44. The second-order valence-electron chi connectivity index (χ2n) is 4.68. The Hall–Kier alpha value is -2.11. The van der Waals surface area contributed by atoms with E-state index < -0.39 is 0 Å². The monoisotopic (exact) mass is 286 g/mol. The van der Waals surface area contributed by atoms with E-state index in [0.29, 0.717) is 13.2 Å². The first-order valence-corrected chi connectivity index (χ1v) is 7.12. The van der Waals surface area contributed by atoms with Crippen LogP contribution in [0.5, 0.6) is 0 Å². The number of nitrogens with one attached hydrogen (secondary N) is 1. The SMILES string of the molecule is Cc1nccn1CCC=C(NOCCN)c1ccccc1. The Morgan fingerprint density at radius 1 is 1.38 bits per heavy atom.